The molecule has 0 aromatic rings. The van der Waals surface area contributed by atoms with Crippen molar-refractivity contribution in [1.29, 1.82) is 0 Å². The summed E-state index contributed by atoms with van der Waals surface area (Å²) in [5.41, 5.74) is 5.56. The summed E-state index contributed by atoms with van der Waals surface area (Å²) in [4.78, 5) is 16.8. The van der Waals surface area contributed by atoms with Crippen molar-refractivity contribution < 1.29 is 4.79 Å². The fourth-order valence-electron chi connectivity index (χ4n) is 2.18. The largest absolute Gasteiger partial charge is 0.393 e. The average Bonchev–Trinajstić information content (AvgIpc) is 2.30. The average molecular weight is 272 g/mol. The van der Waals surface area contributed by atoms with Crippen LogP contribution in [0, 0.1) is 5.92 Å². The third-order valence-corrected chi connectivity index (χ3v) is 3.84. The smallest absolute Gasteiger partial charge is 0.229 e. The van der Waals surface area contributed by atoms with Crippen molar-refractivity contribution in [2.45, 2.75) is 19.4 Å². The van der Waals surface area contributed by atoms with Crippen LogP contribution in [0.4, 0.5) is 0 Å². The number of thiocarbonyl (C=S) groups is 1. The maximum atomic E-state index is 11.9. The van der Waals surface area contributed by atoms with Crippen LogP contribution < -0.4 is 11.1 Å². The van der Waals surface area contributed by atoms with E-state index in [2.05, 4.69) is 29.2 Å². The highest BCUT2D eigenvalue weighted by Gasteiger charge is 2.24. The summed E-state index contributed by atoms with van der Waals surface area (Å²) in [5.74, 6) is -0.391. The maximum absolute atomic E-state index is 11.9. The van der Waals surface area contributed by atoms with E-state index in [0.29, 0.717) is 19.0 Å². The van der Waals surface area contributed by atoms with Crippen LogP contribution in [0.1, 0.15) is 13.3 Å². The van der Waals surface area contributed by atoms with Gasteiger partial charge in [-0.3, -0.25) is 9.69 Å². The van der Waals surface area contributed by atoms with Gasteiger partial charge in [-0.2, -0.15) is 0 Å². The number of carbonyl (C=O) groups excluding carboxylic acids is 1. The predicted molar refractivity (Wildman–Crippen MR) is 77.5 cm³/mol. The second-order valence-corrected chi connectivity index (χ2v) is 5.48. The molecule has 1 aliphatic heterocycles. The van der Waals surface area contributed by atoms with Gasteiger partial charge in [-0.1, -0.05) is 19.1 Å². The summed E-state index contributed by atoms with van der Waals surface area (Å²) >= 11 is 4.90. The first kappa shape index (κ1) is 15.3. The molecule has 6 heteroatoms. The van der Waals surface area contributed by atoms with Crippen LogP contribution in [0.2, 0.25) is 0 Å². The summed E-state index contributed by atoms with van der Waals surface area (Å²) in [5, 5.41) is 2.96. The van der Waals surface area contributed by atoms with Crippen LogP contribution in [-0.4, -0.2) is 67.0 Å². The molecule has 0 aliphatic carbocycles. The van der Waals surface area contributed by atoms with E-state index < -0.39 is 0 Å². The quantitative estimate of drug-likeness (QED) is 0.671. The van der Waals surface area contributed by atoms with E-state index >= 15 is 0 Å². The zero-order valence-corrected chi connectivity index (χ0v) is 12.3. The number of nitrogens with two attached hydrogens (primary N) is 1. The maximum Gasteiger partial charge on any atom is 0.229 e. The van der Waals surface area contributed by atoms with Gasteiger partial charge in [0.05, 0.1) is 10.9 Å². The minimum absolute atomic E-state index is 0.0494. The van der Waals surface area contributed by atoms with Gasteiger partial charge < -0.3 is 16.0 Å². The Morgan fingerprint density at radius 2 is 2.17 bits per heavy atom. The minimum atomic E-state index is -0.341. The Kier molecular flexibility index (Phi) is 5.98. The molecule has 3 N–H and O–H groups in total. The Morgan fingerprint density at radius 1 is 1.50 bits per heavy atom. The Labute approximate surface area is 115 Å². The summed E-state index contributed by atoms with van der Waals surface area (Å²) in [6.07, 6.45) is 0.654. The molecule has 0 saturated carbocycles. The SMILES string of the molecule is CCC(C(=O)NCC1CN(C)CCN1C)C(N)=S. The third kappa shape index (κ3) is 4.19. The van der Waals surface area contributed by atoms with E-state index in [4.69, 9.17) is 18.0 Å². The molecule has 18 heavy (non-hydrogen) atoms. The van der Waals surface area contributed by atoms with E-state index in [1.54, 1.807) is 0 Å². The van der Waals surface area contributed by atoms with E-state index in [1.807, 2.05) is 6.92 Å². The summed E-state index contributed by atoms with van der Waals surface area (Å²) in [6, 6.07) is 0.358. The summed E-state index contributed by atoms with van der Waals surface area (Å²) in [6.45, 7) is 5.65. The fraction of sp³-hybridized carbons (Fsp3) is 0.833. The van der Waals surface area contributed by atoms with Crippen LogP contribution in [-0.2, 0) is 4.79 Å². The molecule has 1 heterocycles. The zero-order chi connectivity index (χ0) is 13.7. The van der Waals surface area contributed by atoms with Gasteiger partial charge in [0.25, 0.3) is 0 Å². The second-order valence-electron chi connectivity index (χ2n) is 5.01. The first-order valence-corrected chi connectivity index (χ1v) is 6.82. The lowest BCUT2D eigenvalue weighted by atomic mass is 10.1. The molecular weight excluding hydrogens is 248 g/mol. The van der Waals surface area contributed by atoms with Crippen molar-refractivity contribution in [2.24, 2.45) is 11.7 Å². The monoisotopic (exact) mass is 272 g/mol. The Bertz CT molecular complexity index is 310. The number of amides is 1. The highest BCUT2D eigenvalue weighted by Crippen LogP contribution is 2.06. The summed E-state index contributed by atoms with van der Waals surface area (Å²) < 4.78 is 0. The Hall–Kier alpha value is -0.720. The molecule has 2 unspecified atom stereocenters. The zero-order valence-electron chi connectivity index (χ0n) is 11.5. The van der Waals surface area contributed by atoms with Gasteiger partial charge in [0, 0.05) is 32.2 Å². The number of nitrogens with one attached hydrogen (secondary N) is 1. The highest BCUT2D eigenvalue weighted by molar-refractivity contribution is 7.80. The van der Waals surface area contributed by atoms with Crippen molar-refractivity contribution in [2.75, 3.05) is 40.3 Å². The van der Waals surface area contributed by atoms with Crippen molar-refractivity contribution in [3.8, 4) is 0 Å². The molecule has 0 radical (unpaired) electrons. The molecule has 1 amide bonds. The standard InChI is InChI=1S/C12H24N4OS/c1-4-10(11(13)18)12(17)14-7-9-8-15(2)5-6-16(9)3/h9-10H,4-8H2,1-3H3,(H2,13,18)(H,14,17). The molecule has 0 bridgehead atoms. The van der Waals surface area contributed by atoms with Crippen molar-refractivity contribution >= 4 is 23.1 Å². The number of rotatable bonds is 5. The number of carbonyl (C=O) groups is 1. The fourth-order valence-corrected chi connectivity index (χ4v) is 2.45. The topological polar surface area (TPSA) is 61.6 Å². The molecule has 1 rings (SSSR count). The van der Waals surface area contributed by atoms with Gasteiger partial charge in [-0.25, -0.2) is 0 Å². The van der Waals surface area contributed by atoms with Gasteiger partial charge in [0.2, 0.25) is 5.91 Å². The lowest BCUT2D eigenvalue weighted by Gasteiger charge is -2.37. The van der Waals surface area contributed by atoms with E-state index in [0.717, 1.165) is 19.6 Å². The number of piperazine rings is 1. The molecule has 0 aromatic heterocycles. The van der Waals surface area contributed by atoms with Crippen LogP contribution >= 0.6 is 12.2 Å². The summed E-state index contributed by atoms with van der Waals surface area (Å²) in [7, 11) is 4.19. The van der Waals surface area contributed by atoms with Gasteiger partial charge >= 0.3 is 0 Å². The van der Waals surface area contributed by atoms with Gasteiger partial charge in [0.1, 0.15) is 0 Å². The van der Waals surface area contributed by atoms with Crippen molar-refractivity contribution in [3.63, 3.8) is 0 Å². The molecule has 5 nitrogen and oxygen atoms in total. The molecule has 1 saturated heterocycles. The predicted octanol–water partition coefficient (Wildman–Crippen LogP) is -0.339. The Balaban J connectivity index is 2.43. The highest BCUT2D eigenvalue weighted by atomic mass is 32.1. The van der Waals surface area contributed by atoms with E-state index in [-0.39, 0.29) is 16.8 Å². The van der Waals surface area contributed by atoms with Crippen LogP contribution in [0.3, 0.4) is 0 Å². The number of likely N-dealkylation sites (N-methyl/N-ethyl adjacent to an activating group) is 2. The van der Waals surface area contributed by atoms with Gasteiger partial charge in [-0.05, 0) is 20.5 Å². The molecular formula is C12H24N4OS. The molecule has 2 atom stereocenters. The molecule has 104 valence electrons. The van der Waals surface area contributed by atoms with Crippen LogP contribution in [0.15, 0.2) is 0 Å². The lowest BCUT2D eigenvalue weighted by molar-refractivity contribution is -0.123. The van der Waals surface area contributed by atoms with Crippen LogP contribution in [0.5, 0.6) is 0 Å². The van der Waals surface area contributed by atoms with E-state index in [9.17, 15) is 4.79 Å². The second kappa shape index (κ2) is 7.01. The van der Waals surface area contributed by atoms with E-state index in [1.165, 1.54) is 0 Å². The van der Waals surface area contributed by atoms with Gasteiger partial charge in [-0.15, -0.1) is 0 Å². The number of hydrogen-bond acceptors (Lipinski definition) is 4. The number of hydrogen-bond donors (Lipinski definition) is 2. The molecule has 1 fully saturated rings. The van der Waals surface area contributed by atoms with Crippen molar-refractivity contribution in [3.05, 3.63) is 0 Å². The van der Waals surface area contributed by atoms with Crippen LogP contribution in [0.25, 0.3) is 0 Å². The molecule has 0 spiro atoms. The van der Waals surface area contributed by atoms with Gasteiger partial charge in [0.15, 0.2) is 0 Å². The Morgan fingerprint density at radius 3 is 2.72 bits per heavy atom. The first-order chi connectivity index (χ1) is 8.45. The first-order valence-electron chi connectivity index (χ1n) is 6.41. The lowest BCUT2D eigenvalue weighted by Crippen LogP contribution is -2.55. The minimum Gasteiger partial charge on any atom is -0.393 e. The molecule has 1 aliphatic rings. The molecule has 0 aromatic carbocycles. The normalized spacial score (nSPS) is 23.6. The number of nitrogens with zero attached hydrogens (tertiary/aromatic N) is 2. The third-order valence-electron chi connectivity index (χ3n) is 3.56. The van der Waals surface area contributed by atoms with Crippen molar-refractivity contribution in [1.82, 2.24) is 15.1 Å².